The van der Waals surface area contributed by atoms with Crippen molar-refractivity contribution in [2.45, 2.75) is 30.8 Å². The molecule has 1 heterocycles. The highest BCUT2D eigenvalue weighted by molar-refractivity contribution is 7.90. The molecular weight excluding hydrogens is 727 g/mol. The molecule has 0 aliphatic carbocycles. The van der Waals surface area contributed by atoms with Crippen molar-refractivity contribution in [3.05, 3.63) is 142 Å². The molecule has 0 saturated carbocycles. The van der Waals surface area contributed by atoms with Gasteiger partial charge in [0.2, 0.25) is 0 Å². The number of ether oxygens (including phenoxy) is 1. The molecule has 0 fully saturated rings. The summed E-state index contributed by atoms with van der Waals surface area (Å²) < 4.78 is 77.3. The molecule has 6 aromatic rings. The van der Waals surface area contributed by atoms with Crippen LogP contribution >= 0.6 is 11.6 Å². The second-order valence-electron chi connectivity index (χ2n) is 12.0. The Morgan fingerprint density at radius 3 is 2.34 bits per heavy atom. The number of fused-ring (bicyclic) bond motifs is 1. The van der Waals surface area contributed by atoms with Crippen LogP contribution in [0.4, 0.5) is 18.9 Å². The van der Waals surface area contributed by atoms with E-state index in [-0.39, 0.29) is 66.6 Å². The van der Waals surface area contributed by atoms with Crippen LogP contribution in [0.15, 0.2) is 108 Å². The molecule has 0 aliphatic rings. The van der Waals surface area contributed by atoms with E-state index in [2.05, 4.69) is 10.9 Å². The molecule has 13 heteroatoms. The van der Waals surface area contributed by atoms with Crippen LogP contribution in [0, 0.1) is 23.7 Å². The van der Waals surface area contributed by atoms with Crippen molar-refractivity contribution >= 4 is 44.2 Å². The average molecular weight is 754 g/mol. The van der Waals surface area contributed by atoms with Crippen molar-refractivity contribution in [2.24, 2.45) is 0 Å². The lowest BCUT2D eigenvalue weighted by atomic mass is 9.91. The van der Waals surface area contributed by atoms with E-state index in [1.807, 2.05) is 0 Å². The first-order valence-electron chi connectivity index (χ1n) is 15.9. The van der Waals surface area contributed by atoms with Crippen molar-refractivity contribution in [1.29, 1.82) is 5.26 Å². The Morgan fingerprint density at radius 1 is 1.00 bits per heavy atom. The third kappa shape index (κ3) is 6.53. The number of hydrogen-bond donors (Lipinski definition) is 1. The Hall–Kier alpha value is -5.92. The van der Waals surface area contributed by atoms with E-state index >= 15 is 4.39 Å². The molecule has 0 radical (unpaired) electrons. The van der Waals surface area contributed by atoms with Gasteiger partial charge in [-0.1, -0.05) is 66.2 Å². The number of esters is 1. The minimum absolute atomic E-state index is 0.00395. The Morgan fingerprint density at radius 2 is 1.70 bits per heavy atom. The highest BCUT2D eigenvalue weighted by atomic mass is 35.5. The molecule has 266 valence electrons. The average Bonchev–Trinajstić information content (AvgIpc) is 3.49. The normalized spacial score (nSPS) is 12.6. The number of aliphatic hydroxyl groups is 1. The lowest BCUT2D eigenvalue weighted by molar-refractivity contribution is -0.164. The van der Waals surface area contributed by atoms with Crippen LogP contribution in [0.25, 0.3) is 49.3 Å². The molecule has 6 rings (SSSR count). The second-order valence-corrected chi connectivity index (χ2v) is 14.2. The first-order chi connectivity index (χ1) is 25.2. The van der Waals surface area contributed by atoms with E-state index in [4.69, 9.17) is 22.9 Å². The number of alkyl halides is 2. The molecule has 5 aromatic carbocycles. The Kier molecular flexibility index (Phi) is 9.91. The van der Waals surface area contributed by atoms with Gasteiger partial charge in [-0.15, -0.1) is 0 Å². The van der Waals surface area contributed by atoms with Crippen molar-refractivity contribution in [3.63, 3.8) is 0 Å². The molecule has 1 aromatic heterocycles. The molecule has 0 saturated heterocycles. The predicted octanol–water partition coefficient (Wildman–Crippen LogP) is 9.80. The predicted molar refractivity (Wildman–Crippen MR) is 194 cm³/mol. The molecule has 0 bridgehead atoms. The summed E-state index contributed by atoms with van der Waals surface area (Å²) in [6, 6.07) is 25.0. The van der Waals surface area contributed by atoms with E-state index < -0.39 is 39.4 Å². The summed E-state index contributed by atoms with van der Waals surface area (Å²) in [6.07, 6.45) is -2.85. The lowest BCUT2D eigenvalue weighted by Gasteiger charge is -2.22. The number of nitriles is 1. The topological polar surface area (TPSA) is 114 Å². The van der Waals surface area contributed by atoms with Crippen LogP contribution in [0.2, 0.25) is 5.02 Å². The highest BCUT2D eigenvalue weighted by Gasteiger charge is 2.35. The van der Waals surface area contributed by atoms with Gasteiger partial charge in [-0.2, -0.15) is 5.26 Å². The van der Waals surface area contributed by atoms with Crippen LogP contribution in [0.1, 0.15) is 37.0 Å². The summed E-state index contributed by atoms with van der Waals surface area (Å²) in [7, 11) is -4.66. The van der Waals surface area contributed by atoms with Crippen LogP contribution in [0.3, 0.4) is 0 Å². The Labute approximate surface area is 307 Å². The van der Waals surface area contributed by atoms with Crippen LogP contribution in [-0.4, -0.2) is 30.1 Å². The third-order valence-corrected chi connectivity index (χ3v) is 10.8. The molecule has 0 aliphatic heterocycles. The largest absolute Gasteiger partial charge is 0.464 e. The summed E-state index contributed by atoms with van der Waals surface area (Å²) in [6.45, 7) is 10.9. The zero-order valence-electron chi connectivity index (χ0n) is 27.9. The summed E-state index contributed by atoms with van der Waals surface area (Å²) in [5.74, 6) is -1.59. The summed E-state index contributed by atoms with van der Waals surface area (Å²) >= 11 is 6.73. The van der Waals surface area contributed by atoms with Gasteiger partial charge in [0, 0.05) is 43.8 Å². The number of nitrogens with zero attached hydrogens (tertiary/aromatic N) is 3. The Balaban J connectivity index is 1.68. The number of benzene rings is 5. The smallest absolute Gasteiger partial charge is 0.342 e. The minimum Gasteiger partial charge on any atom is -0.464 e. The number of halogens is 4. The first kappa shape index (κ1) is 36.9. The van der Waals surface area contributed by atoms with E-state index in [0.717, 1.165) is 40.4 Å². The van der Waals surface area contributed by atoms with E-state index in [0.29, 0.717) is 11.1 Å². The molecule has 8 nitrogen and oxygen atoms in total. The van der Waals surface area contributed by atoms with Crippen molar-refractivity contribution in [1.82, 2.24) is 3.97 Å². The maximum absolute atomic E-state index is 15.1. The van der Waals surface area contributed by atoms with Gasteiger partial charge in [0.1, 0.15) is 5.82 Å². The SMILES string of the molecule is [C-]#[N+]c1cccc(C#N)c1-c1c(-c2cccc(-c3ccc(C(C)(O)C(=O)OCC)cc3Cl)c2)n(S(=O)(=O)c2ccc(C(F)F)cc2)c2ccc(F)cc12. The number of rotatable bonds is 9. The number of hydrogen-bond acceptors (Lipinski definition) is 6. The fraction of sp³-hybridized carbons (Fsp3) is 0.125. The Bertz CT molecular complexity index is 2590. The van der Waals surface area contributed by atoms with Crippen LogP contribution in [-0.2, 0) is 25.2 Å². The fourth-order valence-corrected chi connectivity index (χ4v) is 7.99. The molecule has 1 atom stereocenters. The standard InChI is InChI=1S/C40H27ClF3N3O5S/c1-4-52-39(48)40(2,49)27-13-17-30(32(41)20-27)24-7-5-8-25(19-24)37-36(35-26(22-45)9-6-10-33(35)46-3)31-21-28(42)14-18-34(31)47(37)53(50,51)29-15-11-23(12-16-29)38(43)44/h5-21,38,49H,4H2,1-2H3. The van der Waals surface area contributed by atoms with Gasteiger partial charge in [-0.25, -0.2) is 35.2 Å². The number of carbonyl (C=O) groups excluding carboxylic acids is 1. The van der Waals surface area contributed by atoms with Crippen LogP contribution in [0.5, 0.6) is 0 Å². The molecule has 0 amide bonds. The van der Waals surface area contributed by atoms with Gasteiger partial charge in [0.25, 0.3) is 16.4 Å². The molecule has 53 heavy (non-hydrogen) atoms. The maximum atomic E-state index is 15.1. The van der Waals surface area contributed by atoms with E-state index in [1.54, 1.807) is 37.3 Å². The van der Waals surface area contributed by atoms with Gasteiger partial charge in [-0.3, -0.25) is 0 Å². The van der Waals surface area contributed by atoms with E-state index in [9.17, 15) is 32.4 Å². The fourth-order valence-electron chi connectivity index (χ4n) is 6.15. The van der Waals surface area contributed by atoms with Gasteiger partial charge in [0.15, 0.2) is 11.3 Å². The summed E-state index contributed by atoms with van der Waals surface area (Å²) in [5.41, 5.74) is -1.03. The van der Waals surface area contributed by atoms with Gasteiger partial charge >= 0.3 is 5.97 Å². The van der Waals surface area contributed by atoms with Crippen molar-refractivity contribution in [2.75, 3.05) is 6.61 Å². The van der Waals surface area contributed by atoms with Crippen molar-refractivity contribution < 1.29 is 36.2 Å². The monoisotopic (exact) mass is 753 g/mol. The minimum atomic E-state index is -4.66. The highest BCUT2D eigenvalue weighted by Crippen LogP contribution is 2.48. The molecule has 1 N–H and O–H groups in total. The van der Waals surface area contributed by atoms with Gasteiger partial charge in [-0.05, 0) is 73.5 Å². The van der Waals surface area contributed by atoms with Gasteiger partial charge in [0.05, 0.1) is 35.4 Å². The first-order valence-corrected chi connectivity index (χ1v) is 17.7. The zero-order valence-corrected chi connectivity index (χ0v) is 29.5. The number of aromatic nitrogens is 1. The quantitative estimate of drug-likeness (QED) is 0.116. The third-order valence-electron chi connectivity index (χ3n) is 8.74. The lowest BCUT2D eigenvalue weighted by Crippen LogP contribution is -2.34. The molecule has 1 unspecified atom stereocenters. The van der Waals surface area contributed by atoms with Crippen LogP contribution < -0.4 is 0 Å². The zero-order chi connectivity index (χ0) is 38.2. The van der Waals surface area contributed by atoms with E-state index in [1.165, 1.54) is 43.3 Å². The maximum Gasteiger partial charge on any atom is 0.342 e. The molecular formula is C40H27ClF3N3O5S. The second kappa shape index (κ2) is 14.2. The molecule has 0 spiro atoms. The van der Waals surface area contributed by atoms with Gasteiger partial charge < -0.3 is 9.84 Å². The number of carbonyl (C=O) groups is 1. The van der Waals surface area contributed by atoms with Crippen molar-refractivity contribution in [3.8, 4) is 39.6 Å². The summed E-state index contributed by atoms with van der Waals surface area (Å²) in [5, 5.41) is 21.3. The summed E-state index contributed by atoms with van der Waals surface area (Å²) in [4.78, 5) is 15.7.